The highest BCUT2D eigenvalue weighted by Crippen LogP contribution is 2.12. The second kappa shape index (κ2) is 6.36. The molecule has 0 saturated heterocycles. The SMILES string of the molecule is Cc1c(C(=O)NCC(C)CC(=O)O)cnn1C(C)C. The van der Waals surface area contributed by atoms with Crippen LogP contribution in [0.5, 0.6) is 0 Å². The lowest BCUT2D eigenvalue weighted by Crippen LogP contribution is -2.29. The number of nitrogens with zero attached hydrogens (tertiary/aromatic N) is 2. The van der Waals surface area contributed by atoms with Crippen molar-refractivity contribution in [2.45, 2.75) is 40.2 Å². The minimum Gasteiger partial charge on any atom is -0.481 e. The van der Waals surface area contributed by atoms with Crippen LogP contribution < -0.4 is 5.32 Å². The Kier molecular flexibility index (Phi) is 5.09. The van der Waals surface area contributed by atoms with Crippen LogP contribution in [-0.2, 0) is 4.79 Å². The largest absolute Gasteiger partial charge is 0.481 e. The summed E-state index contributed by atoms with van der Waals surface area (Å²) < 4.78 is 1.79. The number of hydrogen-bond acceptors (Lipinski definition) is 3. The monoisotopic (exact) mass is 267 g/mol. The predicted octanol–water partition coefficient (Wildman–Crippen LogP) is 1.61. The number of hydrogen-bond donors (Lipinski definition) is 2. The van der Waals surface area contributed by atoms with Crippen LogP contribution in [0.25, 0.3) is 0 Å². The van der Waals surface area contributed by atoms with E-state index in [-0.39, 0.29) is 24.3 Å². The summed E-state index contributed by atoms with van der Waals surface area (Å²) in [5.41, 5.74) is 1.36. The molecule has 6 heteroatoms. The molecule has 1 atom stereocenters. The summed E-state index contributed by atoms with van der Waals surface area (Å²) in [4.78, 5) is 22.5. The van der Waals surface area contributed by atoms with Crippen molar-refractivity contribution in [3.8, 4) is 0 Å². The molecule has 106 valence electrons. The first-order valence-electron chi connectivity index (χ1n) is 6.37. The lowest BCUT2D eigenvalue weighted by atomic mass is 10.1. The van der Waals surface area contributed by atoms with Gasteiger partial charge in [-0.2, -0.15) is 5.10 Å². The van der Waals surface area contributed by atoms with E-state index in [2.05, 4.69) is 10.4 Å². The molecule has 0 saturated carbocycles. The van der Waals surface area contributed by atoms with Crippen molar-refractivity contribution >= 4 is 11.9 Å². The van der Waals surface area contributed by atoms with E-state index >= 15 is 0 Å². The third-order valence-corrected chi connectivity index (χ3v) is 2.91. The van der Waals surface area contributed by atoms with Crippen LogP contribution in [0.4, 0.5) is 0 Å². The number of carbonyl (C=O) groups is 2. The van der Waals surface area contributed by atoms with E-state index in [1.165, 1.54) is 0 Å². The number of nitrogens with one attached hydrogen (secondary N) is 1. The van der Waals surface area contributed by atoms with Gasteiger partial charge in [0, 0.05) is 24.7 Å². The van der Waals surface area contributed by atoms with Gasteiger partial charge in [0.2, 0.25) is 0 Å². The van der Waals surface area contributed by atoms with Crippen molar-refractivity contribution in [1.82, 2.24) is 15.1 Å². The van der Waals surface area contributed by atoms with Gasteiger partial charge in [0.15, 0.2) is 0 Å². The van der Waals surface area contributed by atoms with Gasteiger partial charge in [-0.25, -0.2) is 0 Å². The van der Waals surface area contributed by atoms with Gasteiger partial charge in [0.1, 0.15) is 0 Å². The van der Waals surface area contributed by atoms with Gasteiger partial charge < -0.3 is 10.4 Å². The lowest BCUT2D eigenvalue weighted by molar-refractivity contribution is -0.137. The first kappa shape index (κ1) is 15.2. The zero-order valence-corrected chi connectivity index (χ0v) is 11.8. The Morgan fingerprint density at radius 2 is 2.05 bits per heavy atom. The highest BCUT2D eigenvalue weighted by atomic mass is 16.4. The minimum absolute atomic E-state index is 0.0461. The van der Waals surface area contributed by atoms with Crippen LogP contribution in [0.3, 0.4) is 0 Å². The zero-order chi connectivity index (χ0) is 14.6. The topological polar surface area (TPSA) is 84.2 Å². The first-order valence-corrected chi connectivity index (χ1v) is 6.37. The van der Waals surface area contributed by atoms with Gasteiger partial charge in [0.05, 0.1) is 11.8 Å². The molecule has 1 heterocycles. The summed E-state index contributed by atoms with van der Waals surface area (Å²) in [6.07, 6.45) is 1.59. The number of carboxylic acid groups (broad SMARTS) is 1. The summed E-state index contributed by atoms with van der Waals surface area (Å²) in [7, 11) is 0. The molecule has 1 aromatic heterocycles. The van der Waals surface area contributed by atoms with E-state index in [1.807, 2.05) is 20.8 Å². The Labute approximate surface area is 112 Å². The maximum absolute atomic E-state index is 12.0. The average molecular weight is 267 g/mol. The van der Waals surface area contributed by atoms with Crippen molar-refractivity contribution in [2.24, 2.45) is 5.92 Å². The van der Waals surface area contributed by atoms with E-state index in [4.69, 9.17) is 5.11 Å². The molecule has 0 aliphatic rings. The summed E-state index contributed by atoms with van der Waals surface area (Å²) >= 11 is 0. The average Bonchev–Trinajstić information content (AvgIpc) is 2.67. The highest BCUT2D eigenvalue weighted by molar-refractivity contribution is 5.95. The molecule has 1 aromatic rings. The van der Waals surface area contributed by atoms with Crippen molar-refractivity contribution in [3.05, 3.63) is 17.5 Å². The van der Waals surface area contributed by atoms with Crippen molar-refractivity contribution in [3.63, 3.8) is 0 Å². The number of amides is 1. The molecule has 0 aliphatic carbocycles. The first-order chi connectivity index (χ1) is 8.82. The third-order valence-electron chi connectivity index (χ3n) is 2.91. The molecule has 0 aromatic carbocycles. The van der Waals surface area contributed by atoms with Crippen molar-refractivity contribution in [1.29, 1.82) is 0 Å². The van der Waals surface area contributed by atoms with Gasteiger partial charge in [-0.05, 0) is 26.7 Å². The lowest BCUT2D eigenvalue weighted by Gasteiger charge is -2.11. The molecule has 1 rings (SSSR count). The fourth-order valence-corrected chi connectivity index (χ4v) is 1.90. The molecule has 0 aliphatic heterocycles. The molecular formula is C13H21N3O3. The van der Waals surface area contributed by atoms with Gasteiger partial charge in [-0.15, -0.1) is 0 Å². The number of carboxylic acids is 1. The smallest absolute Gasteiger partial charge is 0.303 e. The van der Waals surface area contributed by atoms with Crippen LogP contribution in [0.15, 0.2) is 6.20 Å². The van der Waals surface area contributed by atoms with Gasteiger partial charge in [-0.1, -0.05) is 6.92 Å². The molecule has 2 N–H and O–H groups in total. The predicted molar refractivity (Wildman–Crippen MR) is 71.1 cm³/mol. The highest BCUT2D eigenvalue weighted by Gasteiger charge is 2.16. The molecule has 6 nitrogen and oxygen atoms in total. The van der Waals surface area contributed by atoms with E-state index in [1.54, 1.807) is 17.8 Å². The number of aliphatic carboxylic acids is 1. The number of aromatic nitrogens is 2. The molecule has 0 bridgehead atoms. The van der Waals surface area contributed by atoms with Crippen LogP contribution in [-0.4, -0.2) is 33.3 Å². The molecule has 0 spiro atoms. The third kappa shape index (κ3) is 4.08. The quantitative estimate of drug-likeness (QED) is 0.820. The normalized spacial score (nSPS) is 12.5. The Bertz CT molecular complexity index is 466. The number of rotatable bonds is 6. The van der Waals surface area contributed by atoms with E-state index in [0.29, 0.717) is 12.1 Å². The molecular weight excluding hydrogens is 246 g/mol. The van der Waals surface area contributed by atoms with Crippen LogP contribution in [0.1, 0.15) is 49.3 Å². The second-order valence-corrected chi connectivity index (χ2v) is 5.10. The molecule has 0 fully saturated rings. The standard InChI is InChI=1S/C13H21N3O3/c1-8(2)16-10(4)11(7-15-16)13(19)14-6-9(3)5-12(17)18/h7-9H,5-6H2,1-4H3,(H,14,19)(H,17,18). The fourth-order valence-electron chi connectivity index (χ4n) is 1.90. The maximum atomic E-state index is 12.0. The van der Waals surface area contributed by atoms with Crippen molar-refractivity contribution in [2.75, 3.05) is 6.54 Å². The van der Waals surface area contributed by atoms with Gasteiger partial charge in [-0.3, -0.25) is 14.3 Å². The fraction of sp³-hybridized carbons (Fsp3) is 0.615. The van der Waals surface area contributed by atoms with Gasteiger partial charge in [0.25, 0.3) is 5.91 Å². The van der Waals surface area contributed by atoms with Crippen LogP contribution >= 0.6 is 0 Å². The second-order valence-electron chi connectivity index (χ2n) is 5.10. The molecule has 1 amide bonds. The zero-order valence-electron chi connectivity index (χ0n) is 11.8. The summed E-state index contributed by atoms with van der Waals surface area (Å²) in [5.74, 6) is -1.16. The van der Waals surface area contributed by atoms with Crippen molar-refractivity contribution < 1.29 is 14.7 Å². The van der Waals surface area contributed by atoms with Gasteiger partial charge >= 0.3 is 5.97 Å². The van der Waals surface area contributed by atoms with Crippen LogP contribution in [0.2, 0.25) is 0 Å². The minimum atomic E-state index is -0.856. The maximum Gasteiger partial charge on any atom is 0.303 e. The Hall–Kier alpha value is -1.85. The Morgan fingerprint density at radius 1 is 1.42 bits per heavy atom. The summed E-state index contributed by atoms with van der Waals surface area (Å²) in [6.45, 7) is 7.98. The van der Waals surface area contributed by atoms with Crippen LogP contribution in [0, 0.1) is 12.8 Å². The molecule has 1 unspecified atom stereocenters. The molecule has 0 radical (unpaired) electrons. The van der Waals surface area contributed by atoms with E-state index in [9.17, 15) is 9.59 Å². The number of carbonyl (C=O) groups excluding carboxylic acids is 1. The Morgan fingerprint density at radius 3 is 2.53 bits per heavy atom. The Balaban J connectivity index is 2.61. The molecule has 19 heavy (non-hydrogen) atoms. The summed E-state index contributed by atoms with van der Waals surface area (Å²) in [5, 5.41) is 15.6. The van der Waals surface area contributed by atoms with E-state index in [0.717, 1.165) is 5.69 Å². The summed E-state index contributed by atoms with van der Waals surface area (Å²) in [6, 6.07) is 0.201. The van der Waals surface area contributed by atoms with E-state index < -0.39 is 5.97 Å².